The first-order valence-corrected chi connectivity index (χ1v) is 6.59. The van der Waals surface area contributed by atoms with Gasteiger partial charge in [0, 0.05) is 6.07 Å². The zero-order chi connectivity index (χ0) is 15.3. The molecule has 1 atom stereocenters. The Morgan fingerprint density at radius 1 is 1.35 bits per heavy atom. The molecule has 2 amide bonds. The van der Waals surface area contributed by atoms with Crippen molar-refractivity contribution in [1.82, 2.24) is 5.32 Å². The molecule has 20 heavy (non-hydrogen) atoms. The van der Waals surface area contributed by atoms with Gasteiger partial charge in [0.15, 0.2) is 0 Å². The minimum Gasteiger partial charge on any atom is -0.480 e. The molecule has 1 aromatic carbocycles. The summed E-state index contributed by atoms with van der Waals surface area (Å²) in [6.07, 6.45) is 0.812. The van der Waals surface area contributed by atoms with Crippen molar-refractivity contribution in [1.29, 1.82) is 0 Å². The summed E-state index contributed by atoms with van der Waals surface area (Å²) in [5, 5.41) is 13.2. The number of carboxylic acid groups (broad SMARTS) is 1. The van der Waals surface area contributed by atoms with E-state index in [-0.39, 0.29) is 16.6 Å². The number of hydrogen-bond acceptors (Lipinski definition) is 2. The molecule has 0 saturated carbocycles. The number of amides is 2. The second-order valence-electron chi connectivity index (χ2n) is 4.02. The normalized spacial score (nSPS) is 11.8. The molecule has 0 radical (unpaired) electrons. The third-order valence-corrected chi connectivity index (χ3v) is 3.05. The van der Waals surface area contributed by atoms with Crippen LogP contribution in [0.15, 0.2) is 16.6 Å². The topological polar surface area (TPSA) is 78.4 Å². The number of aliphatic carboxylic acids is 1. The van der Waals surface area contributed by atoms with Gasteiger partial charge in [0.05, 0.1) is 10.2 Å². The third kappa shape index (κ3) is 4.44. The minimum absolute atomic E-state index is 0.0162. The lowest BCUT2D eigenvalue weighted by molar-refractivity contribution is -0.139. The summed E-state index contributed by atoms with van der Waals surface area (Å²) < 4.78 is 26.4. The third-order valence-electron chi connectivity index (χ3n) is 2.44. The summed E-state index contributed by atoms with van der Waals surface area (Å²) in [7, 11) is 0. The predicted octanol–water partition coefficient (Wildman–Crippen LogP) is 3.10. The van der Waals surface area contributed by atoms with Crippen LogP contribution in [-0.2, 0) is 4.79 Å². The summed E-state index contributed by atoms with van der Waals surface area (Å²) in [4.78, 5) is 22.5. The summed E-state index contributed by atoms with van der Waals surface area (Å²) >= 11 is 2.86. The van der Waals surface area contributed by atoms with Crippen LogP contribution in [-0.4, -0.2) is 23.1 Å². The molecule has 0 saturated heterocycles. The smallest absolute Gasteiger partial charge is 0.326 e. The monoisotopic (exact) mass is 350 g/mol. The number of carbonyl (C=O) groups is 2. The summed E-state index contributed by atoms with van der Waals surface area (Å²) in [5.74, 6) is -2.94. The fourth-order valence-electron chi connectivity index (χ4n) is 1.48. The highest BCUT2D eigenvalue weighted by atomic mass is 79.9. The van der Waals surface area contributed by atoms with Crippen molar-refractivity contribution in [3.05, 3.63) is 28.2 Å². The molecule has 8 heteroatoms. The van der Waals surface area contributed by atoms with Crippen molar-refractivity contribution in [3.8, 4) is 0 Å². The van der Waals surface area contributed by atoms with E-state index >= 15 is 0 Å². The molecular weight excluding hydrogens is 338 g/mol. The molecule has 0 unspecified atom stereocenters. The van der Waals surface area contributed by atoms with Crippen LogP contribution in [0.3, 0.4) is 0 Å². The Labute approximate surface area is 122 Å². The van der Waals surface area contributed by atoms with Gasteiger partial charge in [-0.25, -0.2) is 18.4 Å². The van der Waals surface area contributed by atoms with Crippen LogP contribution in [0.25, 0.3) is 0 Å². The van der Waals surface area contributed by atoms with E-state index in [4.69, 9.17) is 5.11 Å². The van der Waals surface area contributed by atoms with Crippen LogP contribution in [0.2, 0.25) is 0 Å². The number of nitrogens with one attached hydrogen (secondary N) is 2. The number of hydrogen-bond donors (Lipinski definition) is 3. The first-order chi connectivity index (χ1) is 9.35. The largest absolute Gasteiger partial charge is 0.480 e. The molecule has 0 aliphatic carbocycles. The molecule has 0 aliphatic rings. The molecule has 110 valence electrons. The van der Waals surface area contributed by atoms with E-state index < -0.39 is 29.7 Å². The highest BCUT2D eigenvalue weighted by Gasteiger charge is 2.19. The SMILES string of the molecule is CCC[C@H](NC(=O)Nc1cc(Br)c(F)cc1F)C(=O)O. The zero-order valence-electron chi connectivity index (χ0n) is 10.5. The van der Waals surface area contributed by atoms with Gasteiger partial charge in [-0.15, -0.1) is 0 Å². The molecule has 1 rings (SSSR count). The Bertz CT molecular complexity index is 526. The van der Waals surface area contributed by atoms with E-state index in [0.29, 0.717) is 12.5 Å². The van der Waals surface area contributed by atoms with Crippen molar-refractivity contribution in [2.45, 2.75) is 25.8 Å². The first-order valence-electron chi connectivity index (χ1n) is 5.80. The lowest BCUT2D eigenvalue weighted by atomic mass is 10.2. The van der Waals surface area contributed by atoms with Crippen LogP contribution in [0.1, 0.15) is 19.8 Å². The van der Waals surface area contributed by atoms with Crippen LogP contribution in [0.5, 0.6) is 0 Å². The number of halogens is 3. The fraction of sp³-hybridized carbons (Fsp3) is 0.333. The molecule has 1 aromatic rings. The standard InChI is InChI=1S/C12H13BrF2N2O3/c1-2-3-9(11(18)19)16-12(20)17-10-4-6(13)7(14)5-8(10)15/h4-5,9H,2-3H2,1H3,(H,18,19)(H2,16,17,20)/t9-/m0/s1. The van der Waals surface area contributed by atoms with Crippen LogP contribution in [0.4, 0.5) is 19.3 Å². The number of rotatable bonds is 5. The molecule has 5 nitrogen and oxygen atoms in total. The number of urea groups is 1. The lowest BCUT2D eigenvalue weighted by Gasteiger charge is -2.14. The Morgan fingerprint density at radius 2 is 2.00 bits per heavy atom. The summed E-state index contributed by atoms with van der Waals surface area (Å²) in [6, 6.07) is -0.268. The minimum atomic E-state index is -1.18. The lowest BCUT2D eigenvalue weighted by Crippen LogP contribution is -2.43. The van der Waals surface area contributed by atoms with E-state index in [1.165, 1.54) is 0 Å². The number of carbonyl (C=O) groups excluding carboxylic acids is 1. The molecule has 3 N–H and O–H groups in total. The van der Waals surface area contributed by atoms with E-state index in [9.17, 15) is 18.4 Å². The van der Waals surface area contributed by atoms with Gasteiger partial charge in [0.1, 0.15) is 17.7 Å². The average Bonchev–Trinajstić information content (AvgIpc) is 2.35. The highest BCUT2D eigenvalue weighted by Crippen LogP contribution is 2.23. The van der Waals surface area contributed by atoms with Crippen LogP contribution < -0.4 is 10.6 Å². The Kier molecular flexibility index (Phi) is 5.87. The van der Waals surface area contributed by atoms with Gasteiger partial charge < -0.3 is 15.7 Å². The van der Waals surface area contributed by atoms with Crippen LogP contribution in [0, 0.1) is 11.6 Å². The van der Waals surface area contributed by atoms with E-state index in [2.05, 4.69) is 26.6 Å². The van der Waals surface area contributed by atoms with E-state index in [1.54, 1.807) is 6.92 Å². The highest BCUT2D eigenvalue weighted by molar-refractivity contribution is 9.10. The van der Waals surface area contributed by atoms with Gasteiger partial charge in [0.25, 0.3) is 0 Å². The van der Waals surface area contributed by atoms with Crippen molar-refractivity contribution in [2.24, 2.45) is 0 Å². The van der Waals surface area contributed by atoms with Gasteiger partial charge >= 0.3 is 12.0 Å². The van der Waals surface area contributed by atoms with Gasteiger partial charge in [-0.1, -0.05) is 13.3 Å². The first kappa shape index (κ1) is 16.4. The summed E-state index contributed by atoms with van der Waals surface area (Å²) in [6.45, 7) is 1.77. The van der Waals surface area contributed by atoms with Crippen molar-refractivity contribution in [2.75, 3.05) is 5.32 Å². The second-order valence-corrected chi connectivity index (χ2v) is 4.88. The van der Waals surface area contributed by atoms with Crippen molar-refractivity contribution >= 4 is 33.6 Å². The quantitative estimate of drug-likeness (QED) is 0.714. The Morgan fingerprint density at radius 3 is 2.55 bits per heavy atom. The van der Waals surface area contributed by atoms with Crippen molar-refractivity contribution in [3.63, 3.8) is 0 Å². The number of benzene rings is 1. The molecule has 0 spiro atoms. The maximum Gasteiger partial charge on any atom is 0.326 e. The van der Waals surface area contributed by atoms with E-state index in [1.807, 2.05) is 0 Å². The maximum atomic E-state index is 13.4. The average molecular weight is 351 g/mol. The molecule has 0 bridgehead atoms. The summed E-state index contributed by atoms with van der Waals surface area (Å²) in [5.41, 5.74) is -0.253. The molecule has 0 heterocycles. The van der Waals surface area contributed by atoms with Gasteiger partial charge in [-0.05, 0) is 28.4 Å². The maximum absolute atomic E-state index is 13.4. The Balaban J connectivity index is 2.75. The van der Waals surface area contributed by atoms with Gasteiger partial charge in [0.2, 0.25) is 0 Å². The molecular formula is C12H13BrF2N2O3. The number of carboxylic acids is 1. The molecule has 0 fully saturated rings. The van der Waals surface area contributed by atoms with Crippen molar-refractivity contribution < 1.29 is 23.5 Å². The van der Waals surface area contributed by atoms with Crippen LogP contribution >= 0.6 is 15.9 Å². The van der Waals surface area contributed by atoms with Gasteiger partial charge in [-0.3, -0.25) is 0 Å². The predicted molar refractivity (Wildman–Crippen MR) is 72.5 cm³/mol. The second kappa shape index (κ2) is 7.18. The van der Waals surface area contributed by atoms with Gasteiger partial charge in [-0.2, -0.15) is 0 Å². The molecule has 0 aliphatic heterocycles. The number of anilines is 1. The molecule has 0 aromatic heterocycles. The fourth-order valence-corrected chi connectivity index (χ4v) is 1.82. The van der Waals surface area contributed by atoms with E-state index in [0.717, 1.165) is 6.07 Å². The Hall–Kier alpha value is -1.70. The zero-order valence-corrected chi connectivity index (χ0v) is 12.1.